The van der Waals surface area contributed by atoms with Crippen LogP contribution in [0.2, 0.25) is 0 Å². The molecule has 146 valence electrons. The smallest absolute Gasteiger partial charge is 0.143 e. The number of rotatable bonds is 6. The van der Waals surface area contributed by atoms with Crippen LogP contribution in [0.5, 0.6) is 0 Å². The quantitative estimate of drug-likeness (QED) is 0.395. The van der Waals surface area contributed by atoms with E-state index in [0.29, 0.717) is 0 Å². The Morgan fingerprint density at radius 3 is 2.27 bits per heavy atom. The fraction of sp³-hybridized carbons (Fsp3) is 0.522. The van der Waals surface area contributed by atoms with Gasteiger partial charge in [-0.05, 0) is 69.6 Å². The van der Waals surface area contributed by atoms with Crippen LogP contribution in [0.1, 0.15) is 60.8 Å². The molecule has 26 heavy (non-hydrogen) atoms. The van der Waals surface area contributed by atoms with Crippen LogP contribution < -0.4 is 0 Å². The molecule has 1 unspecified atom stereocenters. The highest BCUT2D eigenvalue weighted by atomic mass is 16.3. The first kappa shape index (κ1) is 24.3. The normalized spacial score (nSPS) is 19.5. The molecule has 0 aromatic rings. The van der Waals surface area contributed by atoms with E-state index < -0.39 is 6.10 Å². The number of carbonyl (C=O) groups excluding carboxylic acids is 1. The monoisotopic (exact) mass is 360 g/mol. The van der Waals surface area contributed by atoms with Crippen molar-refractivity contribution in [1.29, 1.82) is 0 Å². The van der Waals surface area contributed by atoms with E-state index in [4.69, 9.17) is 10.2 Å². The van der Waals surface area contributed by atoms with Gasteiger partial charge in [-0.3, -0.25) is 4.79 Å². The molecule has 0 aromatic heterocycles. The van der Waals surface area contributed by atoms with Crippen LogP contribution in [-0.4, -0.2) is 29.2 Å². The van der Waals surface area contributed by atoms with Crippen LogP contribution in [0.25, 0.3) is 0 Å². The highest BCUT2D eigenvalue weighted by Gasteiger charge is 2.26. The van der Waals surface area contributed by atoms with Crippen molar-refractivity contribution < 1.29 is 15.0 Å². The second kappa shape index (κ2) is 12.6. The molecule has 3 nitrogen and oxygen atoms in total. The molecule has 2 N–H and O–H groups in total. The van der Waals surface area contributed by atoms with Crippen molar-refractivity contribution in [2.45, 2.75) is 66.9 Å². The summed E-state index contributed by atoms with van der Waals surface area (Å²) in [6.45, 7) is 12.3. The molecule has 0 aliphatic heterocycles. The zero-order chi connectivity index (χ0) is 20.2. The van der Waals surface area contributed by atoms with Gasteiger partial charge in [-0.1, -0.05) is 55.4 Å². The lowest BCUT2D eigenvalue weighted by Crippen LogP contribution is -2.19. The topological polar surface area (TPSA) is 57.5 Å². The lowest BCUT2D eigenvalue weighted by atomic mass is 9.72. The van der Waals surface area contributed by atoms with Crippen molar-refractivity contribution in [3.63, 3.8) is 0 Å². The number of allylic oxidation sites excluding steroid dienone is 10. The van der Waals surface area contributed by atoms with Gasteiger partial charge in [0.2, 0.25) is 0 Å². The molecule has 1 aliphatic carbocycles. The van der Waals surface area contributed by atoms with Gasteiger partial charge in [0.1, 0.15) is 6.29 Å². The summed E-state index contributed by atoms with van der Waals surface area (Å²) in [4.78, 5) is 10.3. The first-order chi connectivity index (χ1) is 12.1. The van der Waals surface area contributed by atoms with Gasteiger partial charge in [-0.2, -0.15) is 0 Å². The van der Waals surface area contributed by atoms with Crippen molar-refractivity contribution in [1.82, 2.24) is 0 Å². The lowest BCUT2D eigenvalue weighted by Gasteiger charge is -2.32. The van der Waals surface area contributed by atoms with E-state index in [1.165, 1.54) is 42.9 Å². The Balaban J connectivity index is 0.00000110. The van der Waals surface area contributed by atoms with E-state index in [2.05, 4.69) is 45.9 Å². The van der Waals surface area contributed by atoms with Gasteiger partial charge in [0.05, 0.1) is 12.7 Å². The molecular formula is C23H36O3. The summed E-state index contributed by atoms with van der Waals surface area (Å²) in [6.07, 6.45) is 16.1. The predicted molar refractivity (Wildman–Crippen MR) is 111 cm³/mol. The summed E-state index contributed by atoms with van der Waals surface area (Å²) in [6, 6.07) is 0. The van der Waals surface area contributed by atoms with E-state index in [9.17, 15) is 4.79 Å². The maximum atomic E-state index is 10.3. The van der Waals surface area contributed by atoms with Crippen LogP contribution in [0, 0.1) is 5.41 Å². The average Bonchev–Trinajstić information content (AvgIpc) is 2.54. The molecule has 1 atom stereocenters. The van der Waals surface area contributed by atoms with E-state index in [1.807, 2.05) is 19.1 Å². The van der Waals surface area contributed by atoms with E-state index in [-0.39, 0.29) is 12.0 Å². The van der Waals surface area contributed by atoms with Crippen LogP contribution in [0.3, 0.4) is 0 Å². The molecule has 1 rings (SSSR count). The minimum atomic E-state index is -0.560. The average molecular weight is 361 g/mol. The van der Waals surface area contributed by atoms with Gasteiger partial charge in [0.15, 0.2) is 0 Å². The fourth-order valence-corrected chi connectivity index (χ4v) is 2.80. The van der Waals surface area contributed by atoms with E-state index in [1.54, 1.807) is 6.08 Å². The Morgan fingerprint density at radius 2 is 1.77 bits per heavy atom. The molecule has 0 bridgehead atoms. The second-order valence-electron chi connectivity index (χ2n) is 7.61. The first-order valence-electron chi connectivity index (χ1n) is 9.28. The third kappa shape index (κ3) is 10.3. The molecule has 0 aromatic carbocycles. The maximum absolute atomic E-state index is 10.3. The standard InChI is InChI=1S/C20H28O.C3H8O2/c1-16(8-6-9-17(2)13-15-21)11-12-19-18(3)10-7-14-20(19,4)5;1-3(5)2-4/h6,8-9,11-13,15H,7,10,14H2,1-5H3;3-5H,2H2,1H3. The number of aldehydes is 1. The second-order valence-corrected chi connectivity index (χ2v) is 7.61. The molecule has 0 saturated heterocycles. The van der Waals surface area contributed by atoms with Gasteiger partial charge in [-0.15, -0.1) is 0 Å². The van der Waals surface area contributed by atoms with Crippen LogP contribution >= 0.6 is 0 Å². The summed E-state index contributed by atoms with van der Waals surface area (Å²) in [5.74, 6) is 0. The summed E-state index contributed by atoms with van der Waals surface area (Å²) in [5.41, 5.74) is 5.48. The zero-order valence-corrected chi connectivity index (χ0v) is 17.2. The van der Waals surface area contributed by atoms with Gasteiger partial charge < -0.3 is 10.2 Å². The van der Waals surface area contributed by atoms with Crippen molar-refractivity contribution >= 4 is 6.29 Å². The Bertz CT molecular complexity index is 585. The largest absolute Gasteiger partial charge is 0.394 e. The molecule has 0 fully saturated rings. The fourth-order valence-electron chi connectivity index (χ4n) is 2.80. The van der Waals surface area contributed by atoms with Crippen molar-refractivity contribution in [3.8, 4) is 0 Å². The highest BCUT2D eigenvalue weighted by molar-refractivity contribution is 5.66. The molecular weight excluding hydrogens is 324 g/mol. The van der Waals surface area contributed by atoms with Gasteiger partial charge in [0.25, 0.3) is 0 Å². The first-order valence-corrected chi connectivity index (χ1v) is 9.28. The summed E-state index contributed by atoms with van der Waals surface area (Å²) < 4.78 is 0. The highest BCUT2D eigenvalue weighted by Crippen LogP contribution is 2.40. The van der Waals surface area contributed by atoms with Crippen LogP contribution in [0.15, 0.2) is 58.7 Å². The van der Waals surface area contributed by atoms with Crippen LogP contribution in [-0.2, 0) is 4.79 Å². The van der Waals surface area contributed by atoms with Gasteiger partial charge in [0, 0.05) is 0 Å². The zero-order valence-electron chi connectivity index (χ0n) is 17.2. The molecule has 0 radical (unpaired) electrons. The minimum Gasteiger partial charge on any atom is -0.394 e. The van der Waals surface area contributed by atoms with E-state index >= 15 is 0 Å². The SMILES string of the molecule is CC(C=CC=C(C)C=CC1=C(C)CCCC1(C)C)=CC=O.CC(O)CO. The Morgan fingerprint density at radius 1 is 1.19 bits per heavy atom. The number of hydrogen-bond acceptors (Lipinski definition) is 3. The third-order valence-electron chi connectivity index (χ3n) is 4.37. The van der Waals surface area contributed by atoms with Crippen molar-refractivity contribution in [3.05, 3.63) is 58.7 Å². The lowest BCUT2D eigenvalue weighted by molar-refractivity contribution is -0.104. The number of aliphatic hydroxyl groups is 2. The molecule has 0 amide bonds. The summed E-state index contributed by atoms with van der Waals surface area (Å²) >= 11 is 0. The molecule has 0 heterocycles. The number of carbonyl (C=O) groups is 1. The molecule has 0 saturated carbocycles. The Hall–Kier alpha value is -1.71. The van der Waals surface area contributed by atoms with Gasteiger partial charge in [-0.25, -0.2) is 0 Å². The van der Waals surface area contributed by atoms with E-state index in [0.717, 1.165) is 11.9 Å². The molecule has 3 heteroatoms. The summed E-state index contributed by atoms with van der Waals surface area (Å²) in [7, 11) is 0. The minimum absolute atomic E-state index is 0.139. The molecule has 1 aliphatic rings. The Kier molecular flexibility index (Phi) is 11.8. The maximum Gasteiger partial charge on any atom is 0.143 e. The number of aliphatic hydroxyl groups excluding tert-OH is 2. The Labute approximate surface area is 159 Å². The van der Waals surface area contributed by atoms with Crippen molar-refractivity contribution in [2.75, 3.05) is 6.61 Å². The van der Waals surface area contributed by atoms with Gasteiger partial charge >= 0.3 is 0 Å². The molecule has 0 spiro atoms. The number of hydrogen-bond donors (Lipinski definition) is 2. The van der Waals surface area contributed by atoms with Crippen molar-refractivity contribution in [2.24, 2.45) is 5.41 Å². The summed E-state index contributed by atoms with van der Waals surface area (Å²) in [5, 5.41) is 16.0. The predicted octanol–water partition coefficient (Wildman–Crippen LogP) is 5.08. The van der Waals surface area contributed by atoms with Crippen LogP contribution in [0.4, 0.5) is 0 Å². The third-order valence-corrected chi connectivity index (χ3v) is 4.37.